The van der Waals surface area contributed by atoms with Crippen LogP contribution < -0.4 is 4.90 Å². The van der Waals surface area contributed by atoms with Crippen LogP contribution in [-0.2, 0) is 4.79 Å². The second kappa shape index (κ2) is 12.0. The number of hydrogen-bond acceptors (Lipinski definition) is 8. The lowest BCUT2D eigenvalue weighted by Gasteiger charge is -2.47. The predicted octanol–water partition coefficient (Wildman–Crippen LogP) is 5.86. The number of aromatic nitrogens is 3. The quantitative estimate of drug-likeness (QED) is 0.364. The third-order valence-corrected chi connectivity index (χ3v) is 8.24. The molecule has 1 fully saturated rings. The molecule has 1 amide bonds. The summed E-state index contributed by atoms with van der Waals surface area (Å²) in [5.41, 5.74) is 3.13. The van der Waals surface area contributed by atoms with Crippen molar-refractivity contribution >= 4 is 34.8 Å². The average molecular weight is 606 g/mol. The van der Waals surface area contributed by atoms with Gasteiger partial charge in [-0.1, -0.05) is 58.0 Å². The van der Waals surface area contributed by atoms with Gasteiger partial charge in [0.15, 0.2) is 0 Å². The second-order valence-electron chi connectivity index (χ2n) is 11.7. The summed E-state index contributed by atoms with van der Waals surface area (Å²) in [6.07, 6.45) is 1.47. The van der Waals surface area contributed by atoms with E-state index in [1.54, 1.807) is 34.1 Å². The van der Waals surface area contributed by atoms with E-state index in [9.17, 15) is 9.90 Å². The number of rotatable bonds is 5. The minimum atomic E-state index is -1.39. The molecule has 0 radical (unpaired) electrons. The van der Waals surface area contributed by atoms with Crippen molar-refractivity contribution in [3.63, 3.8) is 0 Å². The lowest BCUT2D eigenvalue weighted by atomic mass is 9.99. The first-order valence-electron chi connectivity index (χ1n) is 14.5. The highest BCUT2D eigenvalue weighted by Gasteiger charge is 2.40. The van der Waals surface area contributed by atoms with Crippen LogP contribution >= 0.6 is 11.6 Å². The largest absolute Gasteiger partial charge is 0.355 e. The Morgan fingerprint density at radius 1 is 1.07 bits per heavy atom. The molecule has 2 aliphatic rings. The number of carbonyl (C=O) groups is 1. The zero-order valence-corrected chi connectivity index (χ0v) is 26.0. The van der Waals surface area contributed by atoms with Crippen LogP contribution in [0.15, 0.2) is 54.3 Å². The van der Waals surface area contributed by atoms with Crippen LogP contribution in [0.3, 0.4) is 0 Å². The molecular formula is C32H37ClFN7O2. The lowest BCUT2D eigenvalue weighted by molar-refractivity contribution is -0.130. The van der Waals surface area contributed by atoms with E-state index in [0.717, 1.165) is 11.4 Å². The van der Waals surface area contributed by atoms with E-state index < -0.39 is 12.2 Å². The van der Waals surface area contributed by atoms with Crippen LogP contribution in [0.5, 0.6) is 0 Å². The number of carbonyl (C=O) groups excluding carboxylic acids is 1. The maximum absolute atomic E-state index is 15.1. The van der Waals surface area contributed by atoms with Crippen LogP contribution in [0, 0.1) is 5.82 Å². The number of piperazine rings is 1. The highest BCUT2D eigenvalue weighted by molar-refractivity contribution is 6.33. The highest BCUT2D eigenvalue weighted by atomic mass is 35.5. The monoisotopic (exact) mass is 605 g/mol. The van der Waals surface area contributed by atoms with Crippen molar-refractivity contribution in [2.24, 2.45) is 4.99 Å². The molecule has 3 atom stereocenters. The van der Waals surface area contributed by atoms with E-state index in [0.29, 0.717) is 36.0 Å². The molecule has 1 aromatic carbocycles. The Bertz CT molecular complexity index is 1570. The van der Waals surface area contributed by atoms with E-state index >= 15 is 4.39 Å². The smallest absolute Gasteiger partial charge is 0.246 e. The summed E-state index contributed by atoms with van der Waals surface area (Å²) in [5, 5.41) is 12.1. The number of pyridine rings is 1. The molecule has 5 rings (SSSR count). The summed E-state index contributed by atoms with van der Waals surface area (Å²) in [5.74, 6) is 0.239. The molecule has 2 aromatic heterocycles. The number of amides is 1. The van der Waals surface area contributed by atoms with Gasteiger partial charge in [-0.3, -0.25) is 9.69 Å². The van der Waals surface area contributed by atoms with Gasteiger partial charge < -0.3 is 14.9 Å². The molecule has 11 heteroatoms. The zero-order chi connectivity index (χ0) is 31.2. The van der Waals surface area contributed by atoms with Crippen molar-refractivity contribution < 1.29 is 14.3 Å². The molecule has 1 saturated heterocycles. The summed E-state index contributed by atoms with van der Waals surface area (Å²) >= 11 is 6.84. The number of fused-ring (bicyclic) bond motifs is 1. The number of hydrogen-bond donors (Lipinski definition) is 1. The van der Waals surface area contributed by atoms with Crippen molar-refractivity contribution in [2.45, 2.75) is 71.8 Å². The SMILES string of the molecule is C=CC(=O)N1C[C@H](C)N(C2=NC(O)N(c3c(C(C)C)ncnc3C(C)C)c3nc(-c4ccccc4F)c(Cl)cc32)C[C@H]1C. The maximum Gasteiger partial charge on any atom is 0.246 e. The minimum absolute atomic E-state index is 0.00814. The first kappa shape index (κ1) is 30.6. The maximum atomic E-state index is 15.1. The van der Waals surface area contributed by atoms with Gasteiger partial charge in [-0.05, 0) is 50.0 Å². The van der Waals surface area contributed by atoms with Gasteiger partial charge in [0.1, 0.15) is 23.8 Å². The molecule has 0 saturated carbocycles. The normalized spacial score (nSPS) is 20.4. The number of aliphatic hydroxyl groups excluding tert-OH is 1. The van der Waals surface area contributed by atoms with Gasteiger partial charge in [-0.15, -0.1) is 0 Å². The van der Waals surface area contributed by atoms with Gasteiger partial charge in [-0.2, -0.15) is 0 Å². The number of aliphatic imine (C=N–C) groups is 1. The molecule has 226 valence electrons. The Morgan fingerprint density at radius 2 is 1.72 bits per heavy atom. The Labute approximate surface area is 256 Å². The van der Waals surface area contributed by atoms with Gasteiger partial charge in [-0.25, -0.2) is 24.3 Å². The zero-order valence-electron chi connectivity index (χ0n) is 25.3. The highest BCUT2D eigenvalue weighted by Crippen LogP contribution is 2.43. The molecule has 43 heavy (non-hydrogen) atoms. The number of aliphatic hydroxyl groups is 1. The first-order valence-corrected chi connectivity index (χ1v) is 14.9. The van der Waals surface area contributed by atoms with Gasteiger partial charge in [0.2, 0.25) is 12.3 Å². The Balaban J connectivity index is 1.75. The van der Waals surface area contributed by atoms with Crippen LogP contribution in [0.1, 0.15) is 70.3 Å². The van der Waals surface area contributed by atoms with E-state index in [1.165, 1.54) is 18.5 Å². The molecule has 0 spiro atoms. The Kier molecular flexibility index (Phi) is 8.54. The molecule has 4 heterocycles. The summed E-state index contributed by atoms with van der Waals surface area (Å²) < 4.78 is 15.1. The summed E-state index contributed by atoms with van der Waals surface area (Å²) in [6.45, 7) is 16.6. The number of nitrogens with zero attached hydrogens (tertiary/aromatic N) is 7. The van der Waals surface area contributed by atoms with Crippen LogP contribution in [-0.4, -0.2) is 73.1 Å². The van der Waals surface area contributed by atoms with Crippen LogP contribution in [0.25, 0.3) is 11.3 Å². The van der Waals surface area contributed by atoms with Gasteiger partial charge in [0.05, 0.1) is 33.4 Å². The minimum Gasteiger partial charge on any atom is -0.355 e. The summed E-state index contributed by atoms with van der Waals surface area (Å²) in [6, 6.07) is 7.75. The molecule has 1 N–H and O–H groups in total. The third kappa shape index (κ3) is 5.49. The van der Waals surface area contributed by atoms with E-state index in [-0.39, 0.29) is 46.1 Å². The fourth-order valence-electron chi connectivity index (χ4n) is 5.81. The van der Waals surface area contributed by atoms with E-state index in [1.807, 2.05) is 41.5 Å². The van der Waals surface area contributed by atoms with Crippen molar-refractivity contribution in [1.29, 1.82) is 0 Å². The van der Waals surface area contributed by atoms with Crippen LogP contribution in [0.2, 0.25) is 5.02 Å². The number of halogens is 2. The fraction of sp³-hybridized carbons (Fsp3) is 0.406. The predicted molar refractivity (Wildman–Crippen MR) is 167 cm³/mol. The van der Waals surface area contributed by atoms with Crippen molar-refractivity contribution in [1.82, 2.24) is 24.8 Å². The van der Waals surface area contributed by atoms with Crippen LogP contribution in [0.4, 0.5) is 15.9 Å². The van der Waals surface area contributed by atoms with Gasteiger partial charge in [0.25, 0.3) is 0 Å². The molecule has 0 bridgehead atoms. The standard InChI is InChI=1S/C32H37ClFN7O2/c1-8-25(42)39-14-20(7)40(15-19(39)6)30-22-13-23(33)28(21-11-9-10-12-24(21)34)37-31(22)41(32(43)38-30)29-26(17(2)3)35-16-36-27(29)18(4)5/h8-13,16-20,32,43H,1,14-15H2,2-7H3/t19-,20+,32?/m1/s1. The summed E-state index contributed by atoms with van der Waals surface area (Å²) in [7, 11) is 0. The average Bonchev–Trinajstić information content (AvgIpc) is 2.97. The van der Waals surface area contributed by atoms with Gasteiger partial charge in [0, 0.05) is 30.7 Å². The van der Waals surface area contributed by atoms with Gasteiger partial charge >= 0.3 is 0 Å². The Morgan fingerprint density at radius 3 is 2.33 bits per heavy atom. The molecule has 1 unspecified atom stereocenters. The van der Waals surface area contributed by atoms with Crippen molar-refractivity contribution in [2.75, 3.05) is 18.0 Å². The van der Waals surface area contributed by atoms with E-state index in [4.69, 9.17) is 21.6 Å². The van der Waals surface area contributed by atoms with Crippen molar-refractivity contribution in [3.8, 4) is 11.3 Å². The molecule has 2 aliphatic heterocycles. The molecule has 3 aromatic rings. The number of amidine groups is 1. The second-order valence-corrected chi connectivity index (χ2v) is 12.1. The first-order chi connectivity index (χ1) is 20.4. The molecule has 9 nitrogen and oxygen atoms in total. The fourth-order valence-corrected chi connectivity index (χ4v) is 6.06. The van der Waals surface area contributed by atoms with E-state index in [2.05, 4.69) is 21.4 Å². The number of benzene rings is 1. The third-order valence-electron chi connectivity index (χ3n) is 7.95. The topological polar surface area (TPSA) is 98.1 Å². The summed E-state index contributed by atoms with van der Waals surface area (Å²) in [4.78, 5) is 37.0. The lowest BCUT2D eigenvalue weighted by Crippen LogP contribution is -2.60. The molecular weight excluding hydrogens is 569 g/mol. The Hall–Kier alpha value is -3.89. The van der Waals surface area contributed by atoms with Crippen molar-refractivity contribution in [3.05, 3.63) is 77.1 Å². The number of anilines is 2. The molecule has 0 aliphatic carbocycles.